The van der Waals surface area contributed by atoms with Crippen LogP contribution in [0.25, 0.3) is 0 Å². The van der Waals surface area contributed by atoms with Gasteiger partial charge < -0.3 is 19.7 Å². The topological polar surface area (TPSA) is 67.9 Å². The first-order valence-corrected chi connectivity index (χ1v) is 11.6. The minimum absolute atomic E-state index is 0.0864. The van der Waals surface area contributed by atoms with Gasteiger partial charge in [0.1, 0.15) is 6.04 Å². The molecule has 2 amide bonds. The standard InChI is InChI=1S/C25H29ClN2O4/c1-17(25(30)27-20-7-3-4-8-20)28(15-19-6-2-5-9-21(19)26)24(29)13-11-18-10-12-22-23(14-18)32-16-31-22/h2,5-6,9-10,12,14,17,20H,3-4,7-8,11,13,15-16H2,1H3,(H,27,30)/t17-/m1/s1. The third kappa shape index (κ3) is 5.36. The van der Waals surface area contributed by atoms with Crippen molar-refractivity contribution in [1.82, 2.24) is 10.2 Å². The summed E-state index contributed by atoms with van der Waals surface area (Å²) in [5.74, 6) is 1.22. The van der Waals surface area contributed by atoms with Gasteiger partial charge in [-0.15, -0.1) is 0 Å². The lowest BCUT2D eigenvalue weighted by Crippen LogP contribution is -2.49. The van der Waals surface area contributed by atoms with Gasteiger partial charge in [0.05, 0.1) is 0 Å². The van der Waals surface area contributed by atoms with Gasteiger partial charge in [0.15, 0.2) is 11.5 Å². The van der Waals surface area contributed by atoms with Crippen LogP contribution in [-0.2, 0) is 22.6 Å². The van der Waals surface area contributed by atoms with Crippen molar-refractivity contribution in [1.29, 1.82) is 0 Å². The molecule has 0 radical (unpaired) electrons. The Morgan fingerprint density at radius 1 is 1.12 bits per heavy atom. The summed E-state index contributed by atoms with van der Waals surface area (Å²) in [6, 6.07) is 12.8. The summed E-state index contributed by atoms with van der Waals surface area (Å²) < 4.78 is 10.8. The maximum atomic E-state index is 13.3. The number of amides is 2. The van der Waals surface area contributed by atoms with E-state index in [1.54, 1.807) is 17.9 Å². The van der Waals surface area contributed by atoms with E-state index in [1.807, 2.05) is 36.4 Å². The van der Waals surface area contributed by atoms with Gasteiger partial charge in [-0.3, -0.25) is 9.59 Å². The Morgan fingerprint density at radius 3 is 2.66 bits per heavy atom. The Labute approximate surface area is 193 Å². The molecule has 1 aliphatic heterocycles. The first kappa shape index (κ1) is 22.5. The number of halogens is 1. The molecule has 2 aromatic rings. The van der Waals surface area contributed by atoms with Crippen molar-refractivity contribution in [2.75, 3.05) is 6.79 Å². The Bertz CT molecular complexity index is 974. The number of nitrogens with one attached hydrogen (secondary N) is 1. The molecule has 6 nitrogen and oxygen atoms in total. The highest BCUT2D eigenvalue weighted by Gasteiger charge is 2.28. The molecular weight excluding hydrogens is 428 g/mol. The molecule has 1 fully saturated rings. The van der Waals surface area contributed by atoms with Crippen LogP contribution in [0.15, 0.2) is 42.5 Å². The minimum atomic E-state index is -0.587. The minimum Gasteiger partial charge on any atom is -0.454 e. The quantitative estimate of drug-likeness (QED) is 0.636. The Hall–Kier alpha value is -2.73. The molecule has 0 aromatic heterocycles. The molecule has 2 aliphatic rings. The summed E-state index contributed by atoms with van der Waals surface area (Å²) >= 11 is 6.36. The SMILES string of the molecule is C[C@H](C(=O)NC1CCCC1)N(Cc1ccccc1Cl)C(=O)CCc1ccc2c(c1)OCO2. The number of aryl methyl sites for hydroxylation is 1. The largest absolute Gasteiger partial charge is 0.454 e. The highest BCUT2D eigenvalue weighted by molar-refractivity contribution is 6.31. The normalized spacial score (nSPS) is 16.1. The van der Waals surface area contributed by atoms with E-state index < -0.39 is 6.04 Å². The first-order valence-electron chi connectivity index (χ1n) is 11.2. The molecule has 0 spiro atoms. The predicted octanol–water partition coefficient (Wildman–Crippen LogP) is 4.48. The van der Waals surface area contributed by atoms with Gasteiger partial charge in [0.2, 0.25) is 18.6 Å². The van der Waals surface area contributed by atoms with E-state index in [2.05, 4.69) is 5.32 Å². The van der Waals surface area contributed by atoms with Gasteiger partial charge in [-0.25, -0.2) is 0 Å². The van der Waals surface area contributed by atoms with Crippen LogP contribution in [0, 0.1) is 0 Å². The van der Waals surface area contributed by atoms with Crippen molar-refractivity contribution in [3.05, 3.63) is 58.6 Å². The predicted molar refractivity (Wildman–Crippen MR) is 123 cm³/mol. The lowest BCUT2D eigenvalue weighted by molar-refractivity contribution is -0.140. The zero-order valence-electron chi connectivity index (χ0n) is 18.3. The molecule has 1 atom stereocenters. The number of fused-ring (bicyclic) bond motifs is 1. The van der Waals surface area contributed by atoms with Gasteiger partial charge in [0.25, 0.3) is 0 Å². The summed E-state index contributed by atoms with van der Waals surface area (Å²) in [7, 11) is 0. The highest BCUT2D eigenvalue weighted by Crippen LogP contribution is 2.33. The van der Waals surface area contributed by atoms with Crippen molar-refractivity contribution in [3.63, 3.8) is 0 Å². The number of hydrogen-bond donors (Lipinski definition) is 1. The third-order valence-corrected chi connectivity index (χ3v) is 6.60. The zero-order chi connectivity index (χ0) is 22.5. The highest BCUT2D eigenvalue weighted by atomic mass is 35.5. The number of hydrogen-bond acceptors (Lipinski definition) is 4. The molecule has 1 N–H and O–H groups in total. The molecule has 4 rings (SSSR count). The van der Waals surface area contributed by atoms with Crippen molar-refractivity contribution in [3.8, 4) is 11.5 Å². The Kier molecular flexibility index (Phi) is 7.20. The van der Waals surface area contributed by atoms with Crippen LogP contribution in [0.5, 0.6) is 11.5 Å². The summed E-state index contributed by atoms with van der Waals surface area (Å²) in [6.07, 6.45) is 5.10. The molecule has 1 heterocycles. The average molecular weight is 457 g/mol. The summed E-state index contributed by atoms with van der Waals surface area (Å²) in [4.78, 5) is 27.9. The van der Waals surface area contributed by atoms with Crippen LogP contribution in [0.4, 0.5) is 0 Å². The molecule has 0 bridgehead atoms. The maximum absolute atomic E-state index is 13.3. The van der Waals surface area contributed by atoms with Crippen LogP contribution >= 0.6 is 11.6 Å². The van der Waals surface area contributed by atoms with Crippen LogP contribution in [0.1, 0.15) is 50.2 Å². The van der Waals surface area contributed by atoms with E-state index in [0.717, 1.165) is 42.6 Å². The maximum Gasteiger partial charge on any atom is 0.242 e. The molecular formula is C25H29ClN2O4. The molecule has 7 heteroatoms. The first-order chi connectivity index (χ1) is 15.5. The lowest BCUT2D eigenvalue weighted by atomic mass is 10.1. The average Bonchev–Trinajstić information content (AvgIpc) is 3.48. The number of nitrogens with zero attached hydrogens (tertiary/aromatic N) is 1. The van der Waals surface area contributed by atoms with Gasteiger partial charge >= 0.3 is 0 Å². The van der Waals surface area contributed by atoms with E-state index in [9.17, 15) is 9.59 Å². The third-order valence-electron chi connectivity index (χ3n) is 6.23. The molecule has 0 unspecified atom stereocenters. The monoisotopic (exact) mass is 456 g/mol. The second-order valence-corrected chi connectivity index (χ2v) is 8.87. The van der Waals surface area contributed by atoms with Crippen molar-refractivity contribution < 1.29 is 19.1 Å². The van der Waals surface area contributed by atoms with Gasteiger partial charge in [-0.05, 0) is 55.5 Å². The van der Waals surface area contributed by atoms with Gasteiger partial charge in [-0.2, -0.15) is 0 Å². The second-order valence-electron chi connectivity index (χ2n) is 8.47. The number of carbonyl (C=O) groups is 2. The van der Waals surface area contributed by atoms with Crippen LogP contribution < -0.4 is 14.8 Å². The van der Waals surface area contributed by atoms with E-state index in [4.69, 9.17) is 21.1 Å². The van der Waals surface area contributed by atoms with Crippen LogP contribution in [-0.4, -0.2) is 35.6 Å². The molecule has 170 valence electrons. The van der Waals surface area contributed by atoms with Gasteiger partial charge in [-0.1, -0.05) is 48.7 Å². The van der Waals surface area contributed by atoms with Crippen molar-refractivity contribution in [2.24, 2.45) is 0 Å². The van der Waals surface area contributed by atoms with E-state index >= 15 is 0 Å². The van der Waals surface area contributed by atoms with Crippen LogP contribution in [0.3, 0.4) is 0 Å². The molecule has 1 saturated carbocycles. The summed E-state index contributed by atoms with van der Waals surface area (Å²) in [6.45, 7) is 2.30. The zero-order valence-corrected chi connectivity index (χ0v) is 19.1. The molecule has 32 heavy (non-hydrogen) atoms. The molecule has 1 aliphatic carbocycles. The fraction of sp³-hybridized carbons (Fsp3) is 0.440. The number of benzene rings is 2. The van der Waals surface area contributed by atoms with Crippen LogP contribution in [0.2, 0.25) is 5.02 Å². The summed E-state index contributed by atoms with van der Waals surface area (Å²) in [5, 5.41) is 3.71. The lowest BCUT2D eigenvalue weighted by Gasteiger charge is -2.30. The number of rotatable bonds is 8. The fourth-order valence-electron chi connectivity index (χ4n) is 4.28. The van der Waals surface area contributed by atoms with Gasteiger partial charge in [0, 0.05) is 24.0 Å². The van der Waals surface area contributed by atoms with E-state index in [0.29, 0.717) is 23.7 Å². The fourth-order valence-corrected chi connectivity index (χ4v) is 4.47. The smallest absolute Gasteiger partial charge is 0.242 e. The van der Waals surface area contributed by atoms with E-state index in [-0.39, 0.29) is 31.1 Å². The number of ether oxygens (including phenoxy) is 2. The van der Waals surface area contributed by atoms with Crippen molar-refractivity contribution >= 4 is 23.4 Å². The van der Waals surface area contributed by atoms with Crippen molar-refractivity contribution in [2.45, 2.75) is 64.1 Å². The van der Waals surface area contributed by atoms with E-state index in [1.165, 1.54) is 0 Å². The molecule has 2 aromatic carbocycles. The molecule has 0 saturated heterocycles. The Morgan fingerprint density at radius 2 is 1.88 bits per heavy atom. The number of carbonyl (C=O) groups excluding carboxylic acids is 2. The summed E-state index contributed by atoms with van der Waals surface area (Å²) in [5.41, 5.74) is 1.81. The second kappa shape index (κ2) is 10.3. The Balaban J connectivity index is 1.46.